The Morgan fingerprint density at radius 1 is 1.19 bits per heavy atom. The molecule has 21 heavy (non-hydrogen) atoms. The van der Waals surface area contributed by atoms with Crippen LogP contribution in [0.4, 0.5) is 0 Å². The van der Waals surface area contributed by atoms with Crippen LogP contribution in [0.5, 0.6) is 5.75 Å². The van der Waals surface area contributed by atoms with Crippen LogP contribution in [-0.2, 0) is 10.2 Å². The normalized spacial score (nSPS) is 14.5. The van der Waals surface area contributed by atoms with Crippen LogP contribution in [0.3, 0.4) is 0 Å². The number of hydrogen-bond donors (Lipinski definition) is 2. The van der Waals surface area contributed by atoms with Gasteiger partial charge < -0.3 is 16.2 Å². The molecule has 1 unspecified atom stereocenters. The lowest BCUT2D eigenvalue weighted by molar-refractivity contribution is -0.122. The van der Waals surface area contributed by atoms with Crippen LogP contribution >= 0.6 is 0 Å². The average molecular weight is 292 g/mol. The van der Waals surface area contributed by atoms with Crippen molar-refractivity contribution in [2.75, 3.05) is 6.61 Å². The zero-order chi connectivity index (χ0) is 16.1. The molecular weight excluding hydrogens is 264 g/mol. The summed E-state index contributed by atoms with van der Waals surface area (Å²) in [6.07, 6.45) is 2.24. The molecule has 0 aliphatic heterocycles. The van der Waals surface area contributed by atoms with Crippen molar-refractivity contribution in [3.8, 4) is 5.75 Å². The van der Waals surface area contributed by atoms with Gasteiger partial charge in [-0.15, -0.1) is 0 Å². The van der Waals surface area contributed by atoms with E-state index in [4.69, 9.17) is 16.2 Å². The first kappa shape index (κ1) is 17.5. The van der Waals surface area contributed by atoms with Gasteiger partial charge in [-0.1, -0.05) is 32.9 Å². The minimum Gasteiger partial charge on any atom is -0.494 e. The summed E-state index contributed by atoms with van der Waals surface area (Å²) < 4.78 is 5.76. The molecule has 1 atom stereocenters. The van der Waals surface area contributed by atoms with Gasteiger partial charge >= 0.3 is 0 Å². The van der Waals surface area contributed by atoms with Crippen molar-refractivity contribution < 1.29 is 9.53 Å². The number of hydrogen-bond acceptors (Lipinski definition) is 3. The number of nitrogens with two attached hydrogens (primary N) is 2. The molecule has 1 aromatic carbocycles. The molecule has 0 aliphatic carbocycles. The Labute approximate surface area is 127 Å². The van der Waals surface area contributed by atoms with Crippen molar-refractivity contribution in [3.05, 3.63) is 29.8 Å². The van der Waals surface area contributed by atoms with Crippen molar-refractivity contribution in [2.24, 2.45) is 11.5 Å². The van der Waals surface area contributed by atoms with Gasteiger partial charge in [-0.3, -0.25) is 4.79 Å². The van der Waals surface area contributed by atoms with Gasteiger partial charge in [0.1, 0.15) is 5.75 Å². The van der Waals surface area contributed by atoms with Crippen LogP contribution in [-0.4, -0.2) is 18.1 Å². The Balaban J connectivity index is 2.39. The summed E-state index contributed by atoms with van der Waals surface area (Å²) >= 11 is 0. The molecule has 0 aliphatic rings. The van der Waals surface area contributed by atoms with Crippen molar-refractivity contribution in [1.29, 1.82) is 0 Å². The Morgan fingerprint density at radius 2 is 1.86 bits per heavy atom. The predicted molar refractivity (Wildman–Crippen MR) is 86.3 cm³/mol. The molecule has 1 amide bonds. The van der Waals surface area contributed by atoms with Crippen molar-refractivity contribution in [3.63, 3.8) is 0 Å². The van der Waals surface area contributed by atoms with E-state index in [1.54, 1.807) is 6.92 Å². The summed E-state index contributed by atoms with van der Waals surface area (Å²) in [7, 11) is 0. The van der Waals surface area contributed by atoms with E-state index in [-0.39, 0.29) is 5.41 Å². The maximum absolute atomic E-state index is 11.1. The number of amides is 1. The van der Waals surface area contributed by atoms with Crippen molar-refractivity contribution in [2.45, 2.75) is 57.9 Å². The number of carbonyl (C=O) groups excluding carboxylic acids is 1. The first-order valence-electron chi connectivity index (χ1n) is 7.45. The highest BCUT2D eigenvalue weighted by Gasteiger charge is 2.24. The fourth-order valence-electron chi connectivity index (χ4n) is 1.96. The number of benzene rings is 1. The third-order valence-electron chi connectivity index (χ3n) is 3.62. The molecular formula is C17H28N2O2. The molecule has 0 spiro atoms. The molecule has 1 aromatic rings. The highest BCUT2D eigenvalue weighted by molar-refractivity contribution is 5.83. The Bertz CT molecular complexity index is 476. The van der Waals surface area contributed by atoms with E-state index in [2.05, 4.69) is 32.9 Å². The van der Waals surface area contributed by atoms with E-state index in [0.717, 1.165) is 18.6 Å². The molecule has 4 N–H and O–H groups in total. The average Bonchev–Trinajstić information content (AvgIpc) is 2.37. The lowest BCUT2D eigenvalue weighted by Crippen LogP contribution is -2.49. The Hall–Kier alpha value is -1.55. The number of rotatable bonds is 7. The summed E-state index contributed by atoms with van der Waals surface area (Å²) in [4.78, 5) is 11.1. The van der Waals surface area contributed by atoms with Gasteiger partial charge in [-0.05, 0) is 49.3 Å². The second kappa shape index (κ2) is 6.94. The SMILES string of the molecule is CC(N)(CCCCOc1cccc(C(C)(C)C)c1)C(N)=O. The number of carbonyl (C=O) groups is 1. The summed E-state index contributed by atoms with van der Waals surface area (Å²) in [6.45, 7) is 8.82. The van der Waals surface area contributed by atoms with Gasteiger partial charge in [0, 0.05) is 0 Å². The van der Waals surface area contributed by atoms with Crippen LogP contribution < -0.4 is 16.2 Å². The van der Waals surface area contributed by atoms with Crippen LogP contribution in [0, 0.1) is 0 Å². The van der Waals surface area contributed by atoms with Crippen LogP contribution in [0.2, 0.25) is 0 Å². The second-order valence-corrected chi connectivity index (χ2v) is 6.87. The first-order valence-corrected chi connectivity index (χ1v) is 7.45. The third kappa shape index (κ3) is 5.76. The van der Waals surface area contributed by atoms with E-state index in [1.807, 2.05) is 12.1 Å². The van der Waals surface area contributed by atoms with Crippen molar-refractivity contribution in [1.82, 2.24) is 0 Å². The number of ether oxygens (including phenoxy) is 1. The molecule has 0 fully saturated rings. The smallest absolute Gasteiger partial charge is 0.237 e. The van der Waals surface area contributed by atoms with E-state index >= 15 is 0 Å². The van der Waals surface area contributed by atoms with Crippen LogP contribution in [0.25, 0.3) is 0 Å². The van der Waals surface area contributed by atoms with Gasteiger partial charge in [0.15, 0.2) is 0 Å². The lowest BCUT2D eigenvalue weighted by Gasteiger charge is -2.20. The minimum absolute atomic E-state index is 0.113. The highest BCUT2D eigenvalue weighted by Crippen LogP contribution is 2.25. The van der Waals surface area contributed by atoms with E-state index in [0.29, 0.717) is 13.0 Å². The molecule has 118 valence electrons. The standard InChI is InChI=1S/C17H28N2O2/c1-16(2,3)13-8-7-9-14(12-13)21-11-6-5-10-17(4,19)15(18)20/h7-9,12H,5-6,10-11,19H2,1-4H3,(H2,18,20). The first-order chi connectivity index (χ1) is 9.63. The molecule has 4 nitrogen and oxygen atoms in total. The topological polar surface area (TPSA) is 78.3 Å². The Kier molecular flexibility index (Phi) is 5.78. The Morgan fingerprint density at radius 3 is 2.43 bits per heavy atom. The second-order valence-electron chi connectivity index (χ2n) is 6.87. The van der Waals surface area contributed by atoms with E-state index < -0.39 is 11.4 Å². The summed E-state index contributed by atoms with van der Waals surface area (Å²) in [6, 6.07) is 8.17. The van der Waals surface area contributed by atoms with Gasteiger partial charge in [0.25, 0.3) is 0 Å². The van der Waals surface area contributed by atoms with Crippen molar-refractivity contribution >= 4 is 5.91 Å². The van der Waals surface area contributed by atoms with Gasteiger partial charge in [0.05, 0.1) is 12.1 Å². The molecule has 0 bridgehead atoms. The monoisotopic (exact) mass is 292 g/mol. The maximum Gasteiger partial charge on any atom is 0.237 e. The molecule has 0 aromatic heterocycles. The zero-order valence-corrected chi connectivity index (χ0v) is 13.6. The quantitative estimate of drug-likeness (QED) is 0.758. The van der Waals surface area contributed by atoms with Gasteiger partial charge in [-0.25, -0.2) is 0 Å². The largest absolute Gasteiger partial charge is 0.494 e. The van der Waals surface area contributed by atoms with Crippen LogP contribution in [0.15, 0.2) is 24.3 Å². The zero-order valence-electron chi connectivity index (χ0n) is 13.6. The summed E-state index contributed by atoms with van der Waals surface area (Å²) in [5, 5.41) is 0. The number of primary amides is 1. The molecule has 0 heterocycles. The number of unbranched alkanes of at least 4 members (excludes halogenated alkanes) is 1. The molecule has 0 saturated heterocycles. The fourth-order valence-corrected chi connectivity index (χ4v) is 1.96. The molecule has 0 radical (unpaired) electrons. The highest BCUT2D eigenvalue weighted by atomic mass is 16.5. The molecule has 1 rings (SSSR count). The maximum atomic E-state index is 11.1. The van der Waals surface area contributed by atoms with Gasteiger partial charge in [0.2, 0.25) is 5.91 Å². The van der Waals surface area contributed by atoms with Gasteiger partial charge in [-0.2, -0.15) is 0 Å². The minimum atomic E-state index is -0.924. The van der Waals surface area contributed by atoms with E-state index in [9.17, 15) is 4.79 Å². The van der Waals surface area contributed by atoms with Crippen LogP contribution in [0.1, 0.15) is 52.5 Å². The lowest BCUT2D eigenvalue weighted by atomic mass is 9.87. The third-order valence-corrected chi connectivity index (χ3v) is 3.62. The summed E-state index contributed by atoms with van der Waals surface area (Å²) in [5.41, 5.74) is 11.5. The predicted octanol–water partition coefficient (Wildman–Crippen LogP) is 2.74. The molecule has 4 heteroatoms. The fraction of sp³-hybridized carbons (Fsp3) is 0.588. The molecule has 0 saturated carbocycles. The van der Waals surface area contributed by atoms with E-state index in [1.165, 1.54) is 5.56 Å². The summed E-state index contributed by atoms with van der Waals surface area (Å²) in [5.74, 6) is 0.425.